The van der Waals surface area contributed by atoms with Crippen LogP contribution in [0.4, 0.5) is 13.2 Å². The molecular weight excluding hydrogens is 365 g/mol. The molecule has 1 atom stereocenters. The number of benzene rings is 1. The molecule has 0 aliphatic rings. The summed E-state index contributed by atoms with van der Waals surface area (Å²) in [5.74, 6) is -0.113. The van der Waals surface area contributed by atoms with E-state index in [-0.39, 0.29) is 5.84 Å². The summed E-state index contributed by atoms with van der Waals surface area (Å²) in [7, 11) is 0. The van der Waals surface area contributed by atoms with Gasteiger partial charge in [-0.1, -0.05) is 23.4 Å². The monoisotopic (exact) mass is 382 g/mol. The summed E-state index contributed by atoms with van der Waals surface area (Å²) in [6.45, 7) is -0.205. The molecule has 1 unspecified atom stereocenters. The number of hydrogen-bond acceptors (Lipinski definition) is 5. The Bertz CT molecular complexity index is 780. The number of nitrogens with one attached hydrogen (secondary N) is 1. The molecular formula is C17H17F3N4O3. The molecule has 0 aliphatic heterocycles. The van der Waals surface area contributed by atoms with Gasteiger partial charge in [-0.25, -0.2) is 4.98 Å². The molecule has 2 aromatic rings. The van der Waals surface area contributed by atoms with E-state index in [0.717, 1.165) is 0 Å². The number of halogens is 3. The maximum absolute atomic E-state index is 12.1. The van der Waals surface area contributed by atoms with E-state index in [0.29, 0.717) is 17.2 Å². The van der Waals surface area contributed by atoms with Crippen LogP contribution in [-0.2, 0) is 9.63 Å². The molecule has 27 heavy (non-hydrogen) atoms. The van der Waals surface area contributed by atoms with Gasteiger partial charge in [0, 0.05) is 17.8 Å². The lowest BCUT2D eigenvalue weighted by Gasteiger charge is -2.12. The number of alkyl halides is 3. The molecule has 0 saturated carbocycles. The first kappa shape index (κ1) is 20.0. The van der Waals surface area contributed by atoms with Crippen molar-refractivity contribution in [2.45, 2.75) is 19.2 Å². The minimum atomic E-state index is -4.51. The van der Waals surface area contributed by atoms with Gasteiger partial charge in [0.25, 0.3) is 5.91 Å². The average Bonchev–Trinajstić information content (AvgIpc) is 2.64. The van der Waals surface area contributed by atoms with Crippen LogP contribution < -0.4 is 15.8 Å². The summed E-state index contributed by atoms with van der Waals surface area (Å²) in [5.41, 5.74) is 6.11. The lowest BCUT2D eigenvalue weighted by atomic mass is 10.3. The van der Waals surface area contributed by atoms with Crippen molar-refractivity contribution >= 4 is 11.7 Å². The van der Waals surface area contributed by atoms with Gasteiger partial charge in [0.15, 0.2) is 5.84 Å². The van der Waals surface area contributed by atoms with Crippen LogP contribution in [0, 0.1) is 0 Å². The van der Waals surface area contributed by atoms with Crippen molar-refractivity contribution in [1.29, 1.82) is 0 Å². The molecule has 0 aliphatic carbocycles. The molecule has 0 bridgehead atoms. The first-order chi connectivity index (χ1) is 12.7. The van der Waals surface area contributed by atoms with Crippen molar-refractivity contribution in [2.24, 2.45) is 10.9 Å². The molecule has 1 aromatic carbocycles. The fraction of sp³-hybridized carbons (Fsp3) is 0.235. The van der Waals surface area contributed by atoms with Gasteiger partial charge in [0.2, 0.25) is 12.0 Å². The molecule has 1 heterocycles. The molecule has 3 N–H and O–H groups in total. The number of amidine groups is 1. The van der Waals surface area contributed by atoms with E-state index >= 15 is 0 Å². The van der Waals surface area contributed by atoms with Crippen LogP contribution in [0.15, 0.2) is 53.8 Å². The predicted molar refractivity (Wildman–Crippen MR) is 91.1 cm³/mol. The normalized spacial score (nSPS) is 13.0. The topological polar surface area (TPSA) is 98.8 Å². The predicted octanol–water partition coefficient (Wildman–Crippen LogP) is 2.58. The summed E-state index contributed by atoms with van der Waals surface area (Å²) < 4.78 is 41.7. The second-order valence-electron chi connectivity index (χ2n) is 5.36. The highest BCUT2D eigenvalue weighted by atomic mass is 19.4. The van der Waals surface area contributed by atoms with Gasteiger partial charge >= 0.3 is 6.18 Å². The third-order valence-electron chi connectivity index (χ3n) is 3.14. The van der Waals surface area contributed by atoms with Crippen LogP contribution in [0.3, 0.4) is 0 Å². The highest BCUT2D eigenvalue weighted by Gasteiger charge is 2.29. The number of carbonyl (C=O) groups excluding carboxylic acids is 1. The smallest absolute Gasteiger partial charge is 0.405 e. The number of nitrogens with zero attached hydrogens (tertiary/aromatic N) is 2. The maximum atomic E-state index is 12.1. The van der Waals surface area contributed by atoms with Gasteiger partial charge < -0.3 is 20.6 Å². The largest absolute Gasteiger partial charge is 0.439 e. The Kier molecular flexibility index (Phi) is 6.58. The Labute approximate surface area is 153 Å². The molecule has 2 rings (SSSR count). The summed E-state index contributed by atoms with van der Waals surface area (Å²) in [6.07, 6.45) is -4.37. The number of aromatic nitrogens is 1. The highest BCUT2D eigenvalue weighted by Crippen LogP contribution is 2.18. The van der Waals surface area contributed by atoms with E-state index in [1.165, 1.54) is 13.1 Å². The van der Waals surface area contributed by atoms with Crippen molar-refractivity contribution < 1.29 is 27.5 Å². The third kappa shape index (κ3) is 6.84. The Morgan fingerprint density at radius 3 is 2.56 bits per heavy atom. The van der Waals surface area contributed by atoms with Crippen molar-refractivity contribution in [2.75, 3.05) is 6.54 Å². The van der Waals surface area contributed by atoms with Gasteiger partial charge in [-0.3, -0.25) is 4.79 Å². The third-order valence-corrected chi connectivity index (χ3v) is 3.14. The average molecular weight is 382 g/mol. The number of pyridine rings is 1. The van der Waals surface area contributed by atoms with E-state index in [1.807, 2.05) is 18.2 Å². The van der Waals surface area contributed by atoms with E-state index < -0.39 is 24.7 Å². The number of carbonyl (C=O) groups is 1. The summed E-state index contributed by atoms with van der Waals surface area (Å²) in [6, 6.07) is 12.2. The van der Waals surface area contributed by atoms with Gasteiger partial charge in [-0.15, -0.1) is 0 Å². The number of para-hydroxylation sites is 1. The van der Waals surface area contributed by atoms with Crippen LogP contribution in [0.25, 0.3) is 0 Å². The molecule has 144 valence electrons. The van der Waals surface area contributed by atoms with Crippen molar-refractivity contribution in [3.05, 3.63) is 54.2 Å². The fourth-order valence-corrected chi connectivity index (χ4v) is 1.77. The lowest BCUT2D eigenvalue weighted by Crippen LogP contribution is -2.39. The Balaban J connectivity index is 1.90. The highest BCUT2D eigenvalue weighted by molar-refractivity contribution is 5.96. The summed E-state index contributed by atoms with van der Waals surface area (Å²) >= 11 is 0. The molecule has 7 nitrogen and oxygen atoms in total. The first-order valence-electron chi connectivity index (χ1n) is 7.77. The van der Waals surface area contributed by atoms with Crippen molar-refractivity contribution in [1.82, 2.24) is 10.3 Å². The van der Waals surface area contributed by atoms with Gasteiger partial charge in [0.05, 0.1) is 0 Å². The number of amides is 1. The zero-order valence-electron chi connectivity index (χ0n) is 14.2. The van der Waals surface area contributed by atoms with Crippen molar-refractivity contribution in [3.8, 4) is 11.6 Å². The molecule has 1 aromatic heterocycles. The van der Waals surface area contributed by atoms with E-state index in [1.54, 1.807) is 29.6 Å². The van der Waals surface area contributed by atoms with Gasteiger partial charge in [-0.05, 0) is 25.1 Å². The number of oxime groups is 1. The number of nitrogens with two attached hydrogens (primary N) is 1. The van der Waals surface area contributed by atoms with Crippen LogP contribution >= 0.6 is 0 Å². The molecule has 0 radical (unpaired) electrons. The summed E-state index contributed by atoms with van der Waals surface area (Å²) in [4.78, 5) is 20.4. The van der Waals surface area contributed by atoms with Crippen LogP contribution in [0.5, 0.6) is 11.6 Å². The SMILES string of the molecule is CC(ON=C(N)c1ccc(Oc2ccccc2)nc1)C(=O)NCC(F)(F)F. The van der Waals surface area contributed by atoms with Crippen LogP contribution in [0.1, 0.15) is 12.5 Å². The number of rotatable bonds is 7. The standard InChI is InChI=1S/C17H17F3N4O3/c1-11(16(25)23-10-17(18,19)20)27-24-15(21)12-7-8-14(22-9-12)26-13-5-3-2-4-6-13/h2-9,11H,10H2,1H3,(H2,21,24)(H,23,25). The zero-order valence-corrected chi connectivity index (χ0v) is 14.2. The van der Waals surface area contributed by atoms with E-state index in [2.05, 4.69) is 10.1 Å². The lowest BCUT2D eigenvalue weighted by molar-refractivity contribution is -0.145. The van der Waals surface area contributed by atoms with Crippen LogP contribution in [0.2, 0.25) is 0 Å². The molecule has 0 spiro atoms. The molecule has 0 fully saturated rings. The quantitative estimate of drug-likeness (QED) is 0.436. The zero-order chi connectivity index (χ0) is 19.9. The first-order valence-corrected chi connectivity index (χ1v) is 7.77. The molecule has 10 heteroatoms. The van der Waals surface area contributed by atoms with Gasteiger partial charge in [0.1, 0.15) is 12.3 Å². The second-order valence-corrected chi connectivity index (χ2v) is 5.36. The molecule has 1 amide bonds. The Morgan fingerprint density at radius 1 is 1.26 bits per heavy atom. The molecule has 0 saturated heterocycles. The Morgan fingerprint density at radius 2 is 1.96 bits per heavy atom. The van der Waals surface area contributed by atoms with E-state index in [4.69, 9.17) is 15.3 Å². The Hall–Kier alpha value is -3.30. The maximum Gasteiger partial charge on any atom is 0.405 e. The summed E-state index contributed by atoms with van der Waals surface area (Å²) in [5, 5.41) is 5.23. The number of hydrogen-bond donors (Lipinski definition) is 2. The number of ether oxygens (including phenoxy) is 1. The fourth-order valence-electron chi connectivity index (χ4n) is 1.77. The van der Waals surface area contributed by atoms with E-state index in [9.17, 15) is 18.0 Å². The van der Waals surface area contributed by atoms with Gasteiger partial charge in [-0.2, -0.15) is 13.2 Å². The second kappa shape index (κ2) is 8.88. The van der Waals surface area contributed by atoms with Crippen LogP contribution in [-0.4, -0.2) is 35.6 Å². The minimum Gasteiger partial charge on any atom is -0.439 e. The minimum absolute atomic E-state index is 0.0933. The van der Waals surface area contributed by atoms with Crippen molar-refractivity contribution in [3.63, 3.8) is 0 Å².